The minimum Gasteiger partial charge on any atom is -0.452 e. The molecular weight excluding hydrogens is 392 g/mol. The first-order valence-corrected chi connectivity index (χ1v) is 8.72. The van der Waals surface area contributed by atoms with Crippen molar-refractivity contribution in [2.45, 2.75) is 6.92 Å². The molecule has 2 aromatic carbocycles. The number of carbonyl (C=O) groups is 2. The maximum absolute atomic E-state index is 11.9. The topological polar surface area (TPSA) is 68.3 Å². The van der Waals surface area contributed by atoms with E-state index in [0.717, 1.165) is 20.3 Å². The van der Waals surface area contributed by atoms with Crippen LogP contribution in [0, 0.1) is 6.92 Å². The molecule has 0 radical (unpaired) electrons. The minimum absolute atomic E-state index is 0.355. The van der Waals surface area contributed by atoms with Gasteiger partial charge in [-0.2, -0.15) is 0 Å². The van der Waals surface area contributed by atoms with E-state index in [9.17, 15) is 9.59 Å². The van der Waals surface area contributed by atoms with E-state index in [0.29, 0.717) is 10.7 Å². The predicted octanol–water partition coefficient (Wildman–Crippen LogP) is 4.16. The van der Waals surface area contributed by atoms with Crippen molar-refractivity contribution in [3.05, 3.63) is 58.1 Å². The number of esters is 1. The standard InChI is InChI=1S/C17H13BrN2O3S/c1-10-3-2-4-11(7-10)16(22)23-9-15(21)20-17-19-13-6-5-12(18)8-14(13)24-17/h2-8H,9H2,1H3,(H,19,20,21). The molecule has 0 fully saturated rings. The fourth-order valence-corrected chi connectivity index (χ4v) is 3.53. The second kappa shape index (κ2) is 7.11. The number of aryl methyl sites for hydroxylation is 1. The van der Waals surface area contributed by atoms with E-state index in [4.69, 9.17) is 4.74 Å². The number of hydrogen-bond acceptors (Lipinski definition) is 5. The number of rotatable bonds is 4. The van der Waals surface area contributed by atoms with Crippen LogP contribution in [0.2, 0.25) is 0 Å². The lowest BCUT2D eigenvalue weighted by Crippen LogP contribution is -2.20. The first kappa shape index (κ1) is 16.6. The van der Waals surface area contributed by atoms with Crippen molar-refractivity contribution < 1.29 is 14.3 Å². The highest BCUT2D eigenvalue weighted by atomic mass is 79.9. The van der Waals surface area contributed by atoms with Gasteiger partial charge in [0.15, 0.2) is 11.7 Å². The number of halogens is 1. The lowest BCUT2D eigenvalue weighted by atomic mass is 10.1. The lowest BCUT2D eigenvalue weighted by molar-refractivity contribution is -0.119. The molecule has 122 valence electrons. The molecule has 3 aromatic rings. The number of anilines is 1. The summed E-state index contributed by atoms with van der Waals surface area (Å²) in [5, 5.41) is 3.12. The smallest absolute Gasteiger partial charge is 0.338 e. The molecule has 3 rings (SSSR count). The maximum Gasteiger partial charge on any atom is 0.338 e. The molecule has 24 heavy (non-hydrogen) atoms. The van der Waals surface area contributed by atoms with Crippen molar-refractivity contribution in [2.24, 2.45) is 0 Å². The summed E-state index contributed by atoms with van der Waals surface area (Å²) < 4.78 is 6.93. The largest absolute Gasteiger partial charge is 0.452 e. The Hall–Kier alpha value is -2.25. The summed E-state index contributed by atoms with van der Waals surface area (Å²) in [6, 6.07) is 12.7. The van der Waals surface area contributed by atoms with Gasteiger partial charge < -0.3 is 4.74 Å². The van der Waals surface area contributed by atoms with Crippen molar-refractivity contribution in [3.63, 3.8) is 0 Å². The van der Waals surface area contributed by atoms with Crippen molar-refractivity contribution >= 4 is 54.5 Å². The molecule has 0 aliphatic rings. The van der Waals surface area contributed by atoms with Crippen LogP contribution in [0.4, 0.5) is 5.13 Å². The predicted molar refractivity (Wildman–Crippen MR) is 97.4 cm³/mol. The first-order chi connectivity index (χ1) is 11.5. The van der Waals surface area contributed by atoms with E-state index in [2.05, 4.69) is 26.2 Å². The maximum atomic E-state index is 11.9. The number of fused-ring (bicyclic) bond motifs is 1. The summed E-state index contributed by atoms with van der Waals surface area (Å²) >= 11 is 4.75. The second-order valence-electron chi connectivity index (χ2n) is 5.12. The highest BCUT2D eigenvalue weighted by molar-refractivity contribution is 9.10. The SMILES string of the molecule is Cc1cccc(C(=O)OCC(=O)Nc2nc3ccc(Br)cc3s2)c1. The molecule has 0 bridgehead atoms. The number of hydrogen-bond donors (Lipinski definition) is 1. The van der Waals surface area contributed by atoms with Gasteiger partial charge in [-0.05, 0) is 37.3 Å². The van der Waals surface area contributed by atoms with Crippen LogP contribution in [-0.2, 0) is 9.53 Å². The summed E-state index contributed by atoms with van der Waals surface area (Å²) in [6.07, 6.45) is 0. The fourth-order valence-electron chi connectivity index (χ4n) is 2.09. The molecular formula is C17H13BrN2O3S. The third-order valence-corrected chi connectivity index (χ3v) is 4.61. The number of amides is 1. The van der Waals surface area contributed by atoms with Crippen LogP contribution >= 0.6 is 27.3 Å². The van der Waals surface area contributed by atoms with Crippen molar-refractivity contribution in [3.8, 4) is 0 Å². The third kappa shape index (κ3) is 3.98. The molecule has 1 aromatic heterocycles. The summed E-state index contributed by atoms with van der Waals surface area (Å²) in [5.74, 6) is -0.948. The zero-order valence-electron chi connectivity index (χ0n) is 12.7. The summed E-state index contributed by atoms with van der Waals surface area (Å²) in [5.41, 5.74) is 2.18. The molecule has 1 heterocycles. The average molecular weight is 405 g/mol. The van der Waals surface area contributed by atoms with E-state index >= 15 is 0 Å². The van der Waals surface area contributed by atoms with Crippen LogP contribution in [0.1, 0.15) is 15.9 Å². The molecule has 0 atom stereocenters. The van der Waals surface area contributed by atoms with Gasteiger partial charge in [0.25, 0.3) is 5.91 Å². The van der Waals surface area contributed by atoms with Crippen LogP contribution in [-0.4, -0.2) is 23.5 Å². The van der Waals surface area contributed by atoms with E-state index in [1.54, 1.807) is 18.2 Å². The summed E-state index contributed by atoms with van der Waals surface area (Å²) in [4.78, 5) is 28.2. The van der Waals surface area contributed by atoms with Crippen LogP contribution < -0.4 is 5.32 Å². The molecule has 0 unspecified atom stereocenters. The van der Waals surface area contributed by atoms with Crippen molar-refractivity contribution in [2.75, 3.05) is 11.9 Å². The monoisotopic (exact) mass is 404 g/mol. The number of carbonyl (C=O) groups excluding carboxylic acids is 2. The molecule has 0 aliphatic heterocycles. The van der Waals surface area contributed by atoms with Crippen molar-refractivity contribution in [1.82, 2.24) is 4.98 Å². The molecule has 0 spiro atoms. The molecule has 0 saturated carbocycles. The zero-order valence-corrected chi connectivity index (χ0v) is 15.1. The quantitative estimate of drug-likeness (QED) is 0.662. The van der Waals surface area contributed by atoms with Gasteiger partial charge in [0, 0.05) is 4.47 Å². The fraction of sp³-hybridized carbons (Fsp3) is 0.118. The van der Waals surface area contributed by atoms with Crippen LogP contribution in [0.3, 0.4) is 0 Å². The highest BCUT2D eigenvalue weighted by Crippen LogP contribution is 2.28. The number of nitrogens with zero attached hydrogens (tertiary/aromatic N) is 1. The Morgan fingerprint density at radius 2 is 2.08 bits per heavy atom. The van der Waals surface area contributed by atoms with Gasteiger partial charge in [-0.3, -0.25) is 10.1 Å². The Bertz CT molecular complexity index is 923. The Balaban J connectivity index is 1.59. The Labute approximate surface area is 150 Å². The van der Waals surface area contributed by atoms with E-state index < -0.39 is 11.9 Å². The molecule has 1 N–H and O–H groups in total. The first-order valence-electron chi connectivity index (χ1n) is 7.11. The van der Waals surface area contributed by atoms with Gasteiger partial charge in [-0.25, -0.2) is 9.78 Å². The van der Waals surface area contributed by atoms with E-state index in [-0.39, 0.29) is 6.61 Å². The zero-order chi connectivity index (χ0) is 17.1. The van der Waals surface area contributed by atoms with E-state index in [1.165, 1.54) is 11.3 Å². The molecule has 0 saturated heterocycles. The third-order valence-electron chi connectivity index (χ3n) is 3.18. The number of nitrogens with one attached hydrogen (secondary N) is 1. The highest BCUT2D eigenvalue weighted by Gasteiger charge is 2.12. The molecule has 0 aliphatic carbocycles. The normalized spacial score (nSPS) is 10.6. The Kier molecular flexibility index (Phi) is 4.92. The average Bonchev–Trinajstić information content (AvgIpc) is 2.93. The van der Waals surface area contributed by atoms with Gasteiger partial charge in [0.05, 0.1) is 15.8 Å². The van der Waals surface area contributed by atoms with Crippen LogP contribution in [0.25, 0.3) is 10.2 Å². The minimum atomic E-state index is -0.526. The van der Waals surface area contributed by atoms with Crippen LogP contribution in [0.5, 0.6) is 0 Å². The molecule has 5 nitrogen and oxygen atoms in total. The number of thiazole rings is 1. The molecule has 7 heteroatoms. The number of aromatic nitrogens is 1. The van der Waals surface area contributed by atoms with E-state index in [1.807, 2.05) is 31.2 Å². The van der Waals surface area contributed by atoms with Gasteiger partial charge >= 0.3 is 5.97 Å². The Morgan fingerprint density at radius 1 is 1.25 bits per heavy atom. The lowest BCUT2D eigenvalue weighted by Gasteiger charge is -2.05. The second-order valence-corrected chi connectivity index (χ2v) is 7.07. The number of ether oxygens (including phenoxy) is 1. The van der Waals surface area contributed by atoms with Gasteiger partial charge in [-0.15, -0.1) is 0 Å². The van der Waals surface area contributed by atoms with Crippen molar-refractivity contribution in [1.29, 1.82) is 0 Å². The van der Waals surface area contributed by atoms with Gasteiger partial charge in [0.2, 0.25) is 0 Å². The number of benzene rings is 2. The summed E-state index contributed by atoms with van der Waals surface area (Å²) in [6.45, 7) is 1.53. The van der Waals surface area contributed by atoms with Gasteiger partial charge in [-0.1, -0.05) is 45.0 Å². The van der Waals surface area contributed by atoms with Gasteiger partial charge in [0.1, 0.15) is 0 Å². The van der Waals surface area contributed by atoms with Crippen LogP contribution in [0.15, 0.2) is 46.9 Å². The Morgan fingerprint density at radius 3 is 2.88 bits per heavy atom. The summed E-state index contributed by atoms with van der Waals surface area (Å²) in [7, 11) is 0. The molecule has 1 amide bonds.